The average molecular weight is 172 g/mol. The summed E-state index contributed by atoms with van der Waals surface area (Å²) in [4.78, 5) is 11.1. The topological polar surface area (TPSA) is 55.1 Å². The van der Waals surface area contributed by atoms with Crippen molar-refractivity contribution in [2.24, 2.45) is 11.7 Å². The van der Waals surface area contributed by atoms with E-state index in [9.17, 15) is 4.79 Å². The van der Waals surface area contributed by atoms with Crippen LogP contribution in [0.15, 0.2) is 0 Å². The van der Waals surface area contributed by atoms with Crippen LogP contribution < -0.4 is 11.1 Å². The van der Waals surface area contributed by atoms with E-state index in [1.54, 1.807) is 0 Å². The second-order valence-corrected chi connectivity index (χ2v) is 3.44. The van der Waals surface area contributed by atoms with Gasteiger partial charge in [0.05, 0.1) is 0 Å². The number of hydrogen-bond donors (Lipinski definition) is 2. The van der Waals surface area contributed by atoms with Gasteiger partial charge in [0, 0.05) is 13.0 Å². The molecular formula is C9H20N2O. The lowest BCUT2D eigenvalue weighted by Crippen LogP contribution is -2.25. The zero-order valence-corrected chi connectivity index (χ0v) is 8.10. The molecule has 0 spiro atoms. The van der Waals surface area contributed by atoms with E-state index < -0.39 is 0 Å². The Labute approximate surface area is 74.7 Å². The number of nitrogens with two attached hydrogens (primary N) is 1. The highest BCUT2D eigenvalue weighted by Crippen LogP contribution is 1.97. The highest BCUT2D eigenvalue weighted by atomic mass is 16.1. The summed E-state index contributed by atoms with van der Waals surface area (Å²) in [6, 6.07) is 0. The molecular weight excluding hydrogens is 152 g/mol. The molecule has 3 heteroatoms. The Hall–Kier alpha value is -0.570. The number of nitrogens with one attached hydrogen (secondary N) is 1. The molecule has 0 aromatic rings. The van der Waals surface area contributed by atoms with Crippen molar-refractivity contribution in [3.63, 3.8) is 0 Å². The molecule has 0 aromatic heterocycles. The SMILES string of the molecule is CC(C)CC(=O)NCCCCN. The van der Waals surface area contributed by atoms with E-state index in [1.165, 1.54) is 0 Å². The Bertz CT molecular complexity index is 124. The minimum absolute atomic E-state index is 0.155. The van der Waals surface area contributed by atoms with Gasteiger partial charge < -0.3 is 11.1 Å². The van der Waals surface area contributed by atoms with Crippen LogP contribution >= 0.6 is 0 Å². The normalized spacial score (nSPS) is 10.3. The number of hydrogen-bond acceptors (Lipinski definition) is 2. The van der Waals surface area contributed by atoms with E-state index in [-0.39, 0.29) is 5.91 Å². The van der Waals surface area contributed by atoms with Gasteiger partial charge in [0.15, 0.2) is 0 Å². The summed E-state index contributed by atoms with van der Waals surface area (Å²) in [7, 11) is 0. The molecule has 0 aliphatic heterocycles. The van der Waals surface area contributed by atoms with Gasteiger partial charge in [0.1, 0.15) is 0 Å². The molecule has 0 aliphatic rings. The van der Waals surface area contributed by atoms with Crippen molar-refractivity contribution in [1.29, 1.82) is 0 Å². The minimum atomic E-state index is 0.155. The van der Waals surface area contributed by atoms with Gasteiger partial charge in [0.2, 0.25) is 5.91 Å². The van der Waals surface area contributed by atoms with E-state index in [4.69, 9.17) is 5.73 Å². The molecule has 72 valence electrons. The predicted molar refractivity (Wildman–Crippen MR) is 50.8 cm³/mol. The molecule has 3 nitrogen and oxygen atoms in total. The molecule has 1 amide bonds. The lowest BCUT2D eigenvalue weighted by Gasteiger charge is -2.05. The molecule has 0 atom stereocenters. The van der Waals surface area contributed by atoms with Crippen LogP contribution in [0.25, 0.3) is 0 Å². The first-order valence-electron chi connectivity index (χ1n) is 4.63. The second kappa shape index (κ2) is 7.10. The Morgan fingerprint density at radius 2 is 2.08 bits per heavy atom. The molecule has 0 rings (SSSR count). The fourth-order valence-corrected chi connectivity index (χ4v) is 0.940. The third kappa shape index (κ3) is 7.54. The molecule has 0 saturated heterocycles. The molecule has 0 unspecified atom stereocenters. The van der Waals surface area contributed by atoms with E-state index in [1.807, 2.05) is 13.8 Å². The number of amides is 1. The van der Waals surface area contributed by atoms with Crippen molar-refractivity contribution < 1.29 is 4.79 Å². The van der Waals surface area contributed by atoms with Crippen molar-refractivity contribution in [3.8, 4) is 0 Å². The van der Waals surface area contributed by atoms with Crippen LogP contribution in [0.3, 0.4) is 0 Å². The lowest BCUT2D eigenvalue weighted by molar-refractivity contribution is -0.121. The first-order valence-corrected chi connectivity index (χ1v) is 4.63. The van der Waals surface area contributed by atoms with Gasteiger partial charge in [-0.05, 0) is 25.3 Å². The predicted octanol–water partition coefficient (Wildman–Crippen LogP) is 0.888. The summed E-state index contributed by atoms with van der Waals surface area (Å²) in [5.74, 6) is 0.599. The van der Waals surface area contributed by atoms with Gasteiger partial charge in [-0.2, -0.15) is 0 Å². The molecule has 3 N–H and O–H groups in total. The molecule has 0 aliphatic carbocycles. The average Bonchev–Trinajstić information content (AvgIpc) is 1.97. The van der Waals surface area contributed by atoms with Crippen molar-refractivity contribution in [3.05, 3.63) is 0 Å². The van der Waals surface area contributed by atoms with Crippen LogP contribution in [-0.4, -0.2) is 19.0 Å². The van der Waals surface area contributed by atoms with Crippen LogP contribution in [0.4, 0.5) is 0 Å². The van der Waals surface area contributed by atoms with Gasteiger partial charge in [-0.1, -0.05) is 13.8 Å². The van der Waals surface area contributed by atoms with Crippen LogP contribution in [0, 0.1) is 5.92 Å². The van der Waals surface area contributed by atoms with E-state index in [0.29, 0.717) is 18.9 Å². The summed E-state index contributed by atoms with van der Waals surface area (Å²) in [6.45, 7) is 5.56. The first kappa shape index (κ1) is 11.4. The standard InChI is InChI=1S/C9H20N2O/c1-8(2)7-9(12)11-6-4-3-5-10/h8H,3-7,10H2,1-2H3,(H,11,12). The third-order valence-corrected chi connectivity index (χ3v) is 1.55. The summed E-state index contributed by atoms with van der Waals surface area (Å²) in [5.41, 5.74) is 5.31. The van der Waals surface area contributed by atoms with Gasteiger partial charge in [-0.3, -0.25) is 4.79 Å². The van der Waals surface area contributed by atoms with Gasteiger partial charge >= 0.3 is 0 Å². The Morgan fingerprint density at radius 1 is 1.42 bits per heavy atom. The van der Waals surface area contributed by atoms with Crippen molar-refractivity contribution in [2.75, 3.05) is 13.1 Å². The lowest BCUT2D eigenvalue weighted by atomic mass is 10.1. The number of rotatable bonds is 6. The number of carbonyl (C=O) groups is 1. The Morgan fingerprint density at radius 3 is 2.58 bits per heavy atom. The Kier molecular flexibility index (Phi) is 6.76. The third-order valence-electron chi connectivity index (χ3n) is 1.55. The molecule has 0 bridgehead atoms. The number of unbranched alkanes of at least 4 members (excludes halogenated alkanes) is 1. The highest BCUT2D eigenvalue weighted by Gasteiger charge is 2.02. The minimum Gasteiger partial charge on any atom is -0.356 e. The van der Waals surface area contributed by atoms with Crippen LogP contribution in [0.1, 0.15) is 33.1 Å². The molecule has 0 radical (unpaired) electrons. The van der Waals surface area contributed by atoms with E-state index in [0.717, 1.165) is 19.4 Å². The van der Waals surface area contributed by atoms with Crippen LogP contribution in [0.2, 0.25) is 0 Å². The summed E-state index contributed by atoms with van der Waals surface area (Å²) < 4.78 is 0. The maximum atomic E-state index is 11.1. The van der Waals surface area contributed by atoms with Gasteiger partial charge in [-0.15, -0.1) is 0 Å². The van der Waals surface area contributed by atoms with Gasteiger partial charge in [0.25, 0.3) is 0 Å². The molecule has 0 saturated carbocycles. The van der Waals surface area contributed by atoms with E-state index in [2.05, 4.69) is 5.32 Å². The molecule has 0 aromatic carbocycles. The maximum absolute atomic E-state index is 11.1. The fourth-order valence-electron chi connectivity index (χ4n) is 0.940. The summed E-state index contributed by atoms with van der Waals surface area (Å²) in [6.07, 6.45) is 2.60. The molecule has 12 heavy (non-hydrogen) atoms. The fraction of sp³-hybridized carbons (Fsp3) is 0.889. The number of carbonyl (C=O) groups excluding carboxylic acids is 1. The van der Waals surface area contributed by atoms with Crippen LogP contribution in [0.5, 0.6) is 0 Å². The molecule has 0 fully saturated rings. The van der Waals surface area contributed by atoms with Crippen molar-refractivity contribution in [2.45, 2.75) is 33.1 Å². The second-order valence-electron chi connectivity index (χ2n) is 3.44. The van der Waals surface area contributed by atoms with Crippen LogP contribution in [-0.2, 0) is 4.79 Å². The smallest absolute Gasteiger partial charge is 0.220 e. The summed E-state index contributed by atoms with van der Waals surface area (Å²) in [5, 5.41) is 2.85. The Balaban J connectivity index is 3.20. The quantitative estimate of drug-likeness (QED) is 0.584. The van der Waals surface area contributed by atoms with Gasteiger partial charge in [-0.25, -0.2) is 0 Å². The highest BCUT2D eigenvalue weighted by molar-refractivity contribution is 5.75. The zero-order chi connectivity index (χ0) is 9.40. The first-order chi connectivity index (χ1) is 5.66. The molecule has 0 heterocycles. The van der Waals surface area contributed by atoms with Crippen molar-refractivity contribution in [1.82, 2.24) is 5.32 Å². The van der Waals surface area contributed by atoms with Crippen molar-refractivity contribution >= 4 is 5.91 Å². The maximum Gasteiger partial charge on any atom is 0.220 e. The monoisotopic (exact) mass is 172 g/mol. The van der Waals surface area contributed by atoms with E-state index >= 15 is 0 Å². The largest absolute Gasteiger partial charge is 0.356 e. The zero-order valence-electron chi connectivity index (χ0n) is 8.10. The summed E-state index contributed by atoms with van der Waals surface area (Å²) >= 11 is 0.